The van der Waals surface area contributed by atoms with Gasteiger partial charge in [0.15, 0.2) is 5.78 Å². The van der Waals surface area contributed by atoms with Crippen LogP contribution in [0.1, 0.15) is 48.5 Å². The van der Waals surface area contributed by atoms with E-state index in [1.807, 2.05) is 18.3 Å². The van der Waals surface area contributed by atoms with Crippen LogP contribution in [0.25, 0.3) is 11.0 Å². The van der Waals surface area contributed by atoms with Crippen molar-refractivity contribution in [2.45, 2.75) is 46.1 Å². The van der Waals surface area contributed by atoms with Gasteiger partial charge >= 0.3 is 0 Å². The third-order valence-electron chi connectivity index (χ3n) is 8.04. The number of hydrogen-bond donors (Lipinski definition) is 2. The molecule has 3 aromatic heterocycles. The topological polar surface area (TPSA) is 105 Å². The first kappa shape index (κ1) is 22.2. The lowest BCUT2D eigenvalue weighted by molar-refractivity contribution is 0.101. The standard InChI is InChI=1S/C26H31N7O2/c1-16-20-15-29-25(30-21-4-3-19(14-28-21)32-11-8-27-9-12-32)31-23(20)33(24(35)22(16)17(2)34)10-5-18-13-26(18)6-7-26/h3-4,14-15,18,27H,5-13H2,1-2H3,(H,28,29,30,31). The van der Waals surface area contributed by atoms with Gasteiger partial charge in [0.1, 0.15) is 11.5 Å². The summed E-state index contributed by atoms with van der Waals surface area (Å²) >= 11 is 0. The molecule has 3 fully saturated rings. The van der Waals surface area contributed by atoms with Gasteiger partial charge in [0.2, 0.25) is 5.95 Å². The number of Topliss-reactive ketones (excluding diaryl/α,β-unsaturated/α-hetero) is 1. The molecule has 1 aliphatic heterocycles. The first-order chi connectivity index (χ1) is 16.9. The first-order valence-corrected chi connectivity index (χ1v) is 12.5. The Morgan fingerprint density at radius 2 is 2.00 bits per heavy atom. The van der Waals surface area contributed by atoms with Crippen molar-refractivity contribution in [2.75, 3.05) is 36.4 Å². The molecule has 9 nitrogen and oxygen atoms in total. The number of anilines is 3. The van der Waals surface area contributed by atoms with E-state index in [1.165, 1.54) is 26.2 Å². The van der Waals surface area contributed by atoms with Gasteiger partial charge in [0.05, 0.1) is 17.4 Å². The van der Waals surface area contributed by atoms with Crippen LogP contribution < -0.4 is 21.1 Å². The SMILES string of the molecule is CC(=O)c1c(C)c2cnc(Nc3ccc(N4CCNCC4)cn3)nc2n(CCC2CC23CC3)c1=O. The Morgan fingerprint density at radius 1 is 1.20 bits per heavy atom. The zero-order valence-corrected chi connectivity index (χ0v) is 20.3. The van der Waals surface area contributed by atoms with Gasteiger partial charge in [-0.05, 0) is 68.6 Å². The molecule has 6 rings (SSSR count). The number of fused-ring (bicyclic) bond motifs is 1. The maximum atomic E-state index is 13.4. The lowest BCUT2D eigenvalue weighted by Gasteiger charge is -2.29. The van der Waals surface area contributed by atoms with Crippen molar-refractivity contribution in [3.8, 4) is 0 Å². The van der Waals surface area contributed by atoms with Crippen molar-refractivity contribution >= 4 is 34.3 Å². The normalized spacial score (nSPS) is 20.3. The smallest absolute Gasteiger partial charge is 0.263 e. The van der Waals surface area contributed by atoms with Gasteiger partial charge in [-0.2, -0.15) is 4.98 Å². The molecule has 9 heteroatoms. The summed E-state index contributed by atoms with van der Waals surface area (Å²) in [7, 11) is 0. The molecule has 0 radical (unpaired) electrons. The first-order valence-electron chi connectivity index (χ1n) is 12.5. The number of nitrogens with zero attached hydrogens (tertiary/aromatic N) is 5. The third-order valence-corrected chi connectivity index (χ3v) is 8.04. The van der Waals surface area contributed by atoms with Gasteiger partial charge in [-0.15, -0.1) is 0 Å². The Bertz CT molecular complexity index is 1350. The number of piperazine rings is 1. The molecule has 3 aliphatic rings. The highest BCUT2D eigenvalue weighted by atomic mass is 16.1. The molecular formula is C26H31N7O2. The molecule has 1 saturated heterocycles. The van der Waals surface area contributed by atoms with Crippen LogP contribution in [0, 0.1) is 18.3 Å². The minimum Gasteiger partial charge on any atom is -0.368 e. The molecule has 35 heavy (non-hydrogen) atoms. The van der Waals surface area contributed by atoms with E-state index in [1.54, 1.807) is 17.7 Å². The zero-order valence-electron chi connectivity index (χ0n) is 20.3. The molecule has 182 valence electrons. The van der Waals surface area contributed by atoms with Crippen LogP contribution in [0.4, 0.5) is 17.5 Å². The number of carbonyl (C=O) groups excluding carboxylic acids is 1. The number of hydrogen-bond acceptors (Lipinski definition) is 8. The van der Waals surface area contributed by atoms with E-state index in [-0.39, 0.29) is 16.9 Å². The van der Waals surface area contributed by atoms with E-state index in [0.29, 0.717) is 40.9 Å². The Morgan fingerprint density at radius 3 is 2.66 bits per heavy atom. The predicted molar refractivity (Wildman–Crippen MR) is 136 cm³/mol. The zero-order chi connectivity index (χ0) is 24.2. The summed E-state index contributed by atoms with van der Waals surface area (Å²) < 4.78 is 1.68. The molecule has 1 spiro atoms. The van der Waals surface area contributed by atoms with Gasteiger partial charge in [-0.3, -0.25) is 14.2 Å². The van der Waals surface area contributed by atoms with E-state index < -0.39 is 0 Å². The highest BCUT2D eigenvalue weighted by molar-refractivity contribution is 5.99. The largest absolute Gasteiger partial charge is 0.368 e. The molecule has 2 saturated carbocycles. The van der Waals surface area contributed by atoms with Crippen LogP contribution in [0.15, 0.2) is 29.3 Å². The van der Waals surface area contributed by atoms with E-state index in [9.17, 15) is 9.59 Å². The van der Waals surface area contributed by atoms with Crippen LogP contribution in [-0.2, 0) is 6.54 Å². The fraction of sp³-hybridized carbons (Fsp3) is 0.500. The van der Waals surface area contributed by atoms with Gasteiger partial charge in [-0.25, -0.2) is 9.97 Å². The molecule has 1 unspecified atom stereocenters. The number of pyridine rings is 2. The molecule has 3 aromatic rings. The Kier molecular flexibility index (Phi) is 5.32. The van der Waals surface area contributed by atoms with E-state index in [4.69, 9.17) is 4.98 Å². The summed E-state index contributed by atoms with van der Waals surface area (Å²) in [5, 5.41) is 7.28. The maximum Gasteiger partial charge on any atom is 0.263 e. The Hall–Kier alpha value is -3.33. The lowest BCUT2D eigenvalue weighted by Crippen LogP contribution is -2.43. The fourth-order valence-electron chi connectivity index (χ4n) is 5.63. The molecule has 0 aromatic carbocycles. The molecule has 0 amide bonds. The number of aromatic nitrogens is 4. The number of rotatable bonds is 7. The minimum absolute atomic E-state index is 0.218. The van der Waals surface area contributed by atoms with Gasteiger partial charge in [-0.1, -0.05) is 0 Å². The van der Waals surface area contributed by atoms with Crippen LogP contribution >= 0.6 is 0 Å². The molecule has 2 N–H and O–H groups in total. The summed E-state index contributed by atoms with van der Waals surface area (Å²) in [5.74, 6) is 1.49. The maximum absolute atomic E-state index is 13.4. The molecule has 0 bridgehead atoms. The second-order valence-corrected chi connectivity index (χ2v) is 10.3. The molecule has 1 atom stereocenters. The van der Waals surface area contributed by atoms with Crippen molar-refractivity contribution in [3.63, 3.8) is 0 Å². The molecule has 2 aliphatic carbocycles. The third kappa shape index (κ3) is 4.07. The fourth-order valence-corrected chi connectivity index (χ4v) is 5.63. The lowest BCUT2D eigenvalue weighted by atomic mass is 10.0. The van der Waals surface area contributed by atoms with Crippen LogP contribution in [0.5, 0.6) is 0 Å². The monoisotopic (exact) mass is 473 g/mol. The van der Waals surface area contributed by atoms with Crippen molar-refractivity contribution in [2.24, 2.45) is 11.3 Å². The minimum atomic E-state index is -0.254. The number of carbonyl (C=O) groups is 1. The summed E-state index contributed by atoms with van der Waals surface area (Å²) in [4.78, 5) is 41.7. The molecular weight excluding hydrogens is 442 g/mol. The van der Waals surface area contributed by atoms with Crippen molar-refractivity contribution in [1.29, 1.82) is 0 Å². The van der Waals surface area contributed by atoms with Crippen LogP contribution in [0.3, 0.4) is 0 Å². The number of nitrogens with one attached hydrogen (secondary N) is 2. The summed E-state index contributed by atoms with van der Waals surface area (Å²) in [6, 6.07) is 3.97. The molecule has 4 heterocycles. The van der Waals surface area contributed by atoms with Crippen molar-refractivity contribution < 1.29 is 4.79 Å². The van der Waals surface area contributed by atoms with Gasteiger partial charge in [0, 0.05) is 44.3 Å². The predicted octanol–water partition coefficient (Wildman–Crippen LogP) is 3.04. The van der Waals surface area contributed by atoms with Gasteiger partial charge in [0.25, 0.3) is 5.56 Å². The van der Waals surface area contributed by atoms with Crippen LogP contribution in [0.2, 0.25) is 0 Å². The highest BCUT2D eigenvalue weighted by Gasteiger charge is 2.61. The van der Waals surface area contributed by atoms with Crippen LogP contribution in [-0.4, -0.2) is 51.5 Å². The van der Waals surface area contributed by atoms with E-state index in [2.05, 4.69) is 25.5 Å². The quantitative estimate of drug-likeness (QED) is 0.505. The highest BCUT2D eigenvalue weighted by Crippen LogP contribution is 2.71. The number of ketones is 1. The average Bonchev–Trinajstić information content (AvgIpc) is 3.78. The van der Waals surface area contributed by atoms with E-state index in [0.717, 1.165) is 43.7 Å². The summed E-state index contributed by atoms with van der Waals surface area (Å²) in [5.41, 5.74) is 2.85. The summed E-state index contributed by atoms with van der Waals surface area (Å²) in [6.07, 6.45) is 8.40. The number of aryl methyl sites for hydroxylation is 2. The van der Waals surface area contributed by atoms with E-state index >= 15 is 0 Å². The Labute approximate surface area is 204 Å². The average molecular weight is 474 g/mol. The van der Waals surface area contributed by atoms with Crippen molar-refractivity contribution in [3.05, 3.63) is 46.0 Å². The summed E-state index contributed by atoms with van der Waals surface area (Å²) in [6.45, 7) is 7.69. The van der Waals surface area contributed by atoms with Crippen molar-refractivity contribution in [1.82, 2.24) is 24.8 Å². The second kappa shape index (κ2) is 8.41. The van der Waals surface area contributed by atoms with Gasteiger partial charge < -0.3 is 15.5 Å². The Balaban J connectivity index is 1.30. The second-order valence-electron chi connectivity index (χ2n) is 10.3.